The van der Waals surface area contributed by atoms with E-state index in [9.17, 15) is 22.6 Å². The van der Waals surface area contributed by atoms with Gasteiger partial charge in [-0.25, -0.2) is 8.42 Å². The van der Waals surface area contributed by atoms with Crippen LogP contribution in [0.5, 0.6) is 0 Å². The molecule has 0 aliphatic rings. The average molecular weight is 386 g/mol. The monoisotopic (exact) mass is 386 g/mol. The van der Waals surface area contributed by atoms with E-state index < -0.39 is 33.7 Å². The second kappa shape index (κ2) is 15.8. The Hall–Kier alpha value is -0.410. The number of rotatable bonds is 13. The maximum atomic E-state index is 11.6. The van der Waals surface area contributed by atoms with E-state index in [0.717, 1.165) is 25.5 Å². The van der Waals surface area contributed by atoms with Gasteiger partial charge in [-0.3, -0.25) is 9.59 Å². The number of hydrogen-bond donors (Lipinski definition) is 0. The molecule has 0 rings (SSSR count). The summed E-state index contributed by atoms with van der Waals surface area (Å²) in [4.78, 5) is 23.1. The number of carbonyl (C=O) groups is 2. The van der Waals surface area contributed by atoms with Crippen LogP contribution in [0.4, 0.5) is 0 Å². The van der Waals surface area contributed by atoms with Crippen molar-refractivity contribution in [3.8, 4) is 0 Å². The van der Waals surface area contributed by atoms with Crippen molar-refractivity contribution in [2.24, 2.45) is 0 Å². The third kappa shape index (κ3) is 14.4. The molecule has 0 saturated carbocycles. The summed E-state index contributed by atoms with van der Waals surface area (Å²) in [6.45, 7) is 3.83. The standard InChI is InChI=1S/C16H28O7S.Na/c1-3-5-6-7-8-9-10-12-22-15(17)13-14(24(19,20)21)16(18)23-11-4-2;/h4,11,14H,3,5-10,12-13H2,1-2H3,(H,19,20,21);/q;+1/p-1/b11-4+;. The normalized spacial score (nSPS) is 12.4. The maximum absolute atomic E-state index is 11.6. The van der Waals surface area contributed by atoms with E-state index in [4.69, 9.17) is 4.74 Å². The molecule has 0 aromatic rings. The van der Waals surface area contributed by atoms with Gasteiger partial charge in [0, 0.05) is 0 Å². The molecule has 9 heteroatoms. The number of ether oxygens (including phenoxy) is 2. The van der Waals surface area contributed by atoms with Crippen LogP contribution in [0.25, 0.3) is 0 Å². The molecule has 0 fully saturated rings. The van der Waals surface area contributed by atoms with E-state index >= 15 is 0 Å². The molecule has 0 amide bonds. The van der Waals surface area contributed by atoms with Crippen LogP contribution in [-0.2, 0) is 29.2 Å². The van der Waals surface area contributed by atoms with Crippen LogP contribution in [0.2, 0.25) is 0 Å². The zero-order valence-corrected chi connectivity index (χ0v) is 18.2. The maximum Gasteiger partial charge on any atom is 1.00 e. The molecule has 0 N–H and O–H groups in total. The Morgan fingerprint density at radius 2 is 1.64 bits per heavy atom. The molecule has 0 heterocycles. The van der Waals surface area contributed by atoms with Crippen molar-refractivity contribution >= 4 is 22.1 Å². The van der Waals surface area contributed by atoms with Crippen LogP contribution < -0.4 is 29.6 Å². The van der Waals surface area contributed by atoms with Crippen molar-refractivity contribution < 1.29 is 61.6 Å². The van der Waals surface area contributed by atoms with Gasteiger partial charge in [0.05, 0.1) is 19.3 Å². The summed E-state index contributed by atoms with van der Waals surface area (Å²) < 4.78 is 42.6. The van der Waals surface area contributed by atoms with Gasteiger partial charge in [0.2, 0.25) is 0 Å². The van der Waals surface area contributed by atoms with Gasteiger partial charge in [0.15, 0.2) is 5.25 Å². The first-order chi connectivity index (χ1) is 11.3. The number of esters is 2. The largest absolute Gasteiger partial charge is 1.00 e. The van der Waals surface area contributed by atoms with Gasteiger partial charge < -0.3 is 14.0 Å². The molecular weight excluding hydrogens is 359 g/mol. The number of carbonyl (C=O) groups excluding carboxylic acids is 2. The first-order valence-corrected chi connectivity index (χ1v) is 9.72. The zero-order valence-electron chi connectivity index (χ0n) is 15.4. The minimum Gasteiger partial charge on any atom is -0.747 e. The van der Waals surface area contributed by atoms with Crippen molar-refractivity contribution in [2.45, 2.75) is 70.5 Å². The molecule has 0 radical (unpaired) electrons. The Morgan fingerprint density at radius 3 is 2.16 bits per heavy atom. The quantitative estimate of drug-likeness (QED) is 0.140. The fraction of sp³-hybridized carbons (Fsp3) is 0.750. The predicted octanol–water partition coefficient (Wildman–Crippen LogP) is -0.335. The molecule has 0 spiro atoms. The molecule has 0 aliphatic carbocycles. The van der Waals surface area contributed by atoms with Crippen molar-refractivity contribution in [3.63, 3.8) is 0 Å². The molecule has 0 aromatic carbocycles. The third-order valence-corrected chi connectivity index (χ3v) is 4.35. The van der Waals surface area contributed by atoms with Gasteiger partial charge in [-0.05, 0) is 13.3 Å². The second-order valence-electron chi connectivity index (χ2n) is 5.43. The van der Waals surface area contributed by atoms with E-state index in [2.05, 4.69) is 11.7 Å². The van der Waals surface area contributed by atoms with Gasteiger partial charge >= 0.3 is 41.5 Å². The molecule has 1 atom stereocenters. The summed E-state index contributed by atoms with van der Waals surface area (Å²) in [6, 6.07) is 0. The summed E-state index contributed by atoms with van der Waals surface area (Å²) >= 11 is 0. The summed E-state index contributed by atoms with van der Waals surface area (Å²) in [6.07, 6.45) is 8.79. The fourth-order valence-corrected chi connectivity index (χ4v) is 2.60. The Bertz CT molecular complexity index is 503. The minimum atomic E-state index is -5.00. The Labute approximate surface area is 172 Å². The molecular formula is C16H27NaO7S. The van der Waals surface area contributed by atoms with Crippen LogP contribution in [0, 0.1) is 0 Å². The minimum absolute atomic E-state index is 0. The van der Waals surface area contributed by atoms with Crippen LogP contribution in [0.15, 0.2) is 12.3 Å². The van der Waals surface area contributed by atoms with Gasteiger partial charge in [-0.15, -0.1) is 0 Å². The molecule has 1 unspecified atom stereocenters. The number of hydrogen-bond acceptors (Lipinski definition) is 7. The topological polar surface area (TPSA) is 110 Å². The molecule has 0 aliphatic heterocycles. The molecule has 140 valence electrons. The SMILES string of the molecule is C/C=C/OC(=O)C(CC(=O)OCCCCCCCCC)S(=O)(=O)[O-].[Na+]. The fourth-order valence-electron chi connectivity index (χ4n) is 1.97. The number of unbranched alkanes of at least 4 members (excludes halogenated alkanes) is 6. The van der Waals surface area contributed by atoms with Crippen molar-refractivity contribution in [1.29, 1.82) is 0 Å². The second-order valence-corrected chi connectivity index (χ2v) is 6.99. The predicted molar refractivity (Wildman–Crippen MR) is 88.0 cm³/mol. The Balaban J connectivity index is 0. The van der Waals surface area contributed by atoms with E-state index in [1.54, 1.807) is 6.92 Å². The molecule has 0 aromatic heterocycles. The first-order valence-electron chi connectivity index (χ1n) is 8.24. The third-order valence-electron chi connectivity index (χ3n) is 3.29. The van der Waals surface area contributed by atoms with E-state index in [-0.39, 0.29) is 36.2 Å². The average Bonchev–Trinajstić information content (AvgIpc) is 2.51. The molecule has 25 heavy (non-hydrogen) atoms. The zero-order chi connectivity index (χ0) is 18.4. The smallest absolute Gasteiger partial charge is 0.747 e. The van der Waals surface area contributed by atoms with Crippen LogP contribution in [0.3, 0.4) is 0 Å². The van der Waals surface area contributed by atoms with Crippen molar-refractivity contribution in [2.75, 3.05) is 6.61 Å². The summed E-state index contributed by atoms with van der Waals surface area (Å²) in [5.41, 5.74) is 0. The van der Waals surface area contributed by atoms with Gasteiger partial charge in [0.1, 0.15) is 10.1 Å². The van der Waals surface area contributed by atoms with Crippen LogP contribution in [-0.4, -0.2) is 36.8 Å². The van der Waals surface area contributed by atoms with Gasteiger partial charge in [0.25, 0.3) is 0 Å². The number of allylic oxidation sites excluding steroid dienone is 1. The summed E-state index contributed by atoms with van der Waals surface area (Å²) in [7, 11) is -5.00. The van der Waals surface area contributed by atoms with Gasteiger partial charge in [-0.2, -0.15) is 0 Å². The van der Waals surface area contributed by atoms with Crippen LogP contribution >= 0.6 is 0 Å². The Kier molecular flexibility index (Phi) is 17.0. The van der Waals surface area contributed by atoms with Crippen molar-refractivity contribution in [1.82, 2.24) is 0 Å². The summed E-state index contributed by atoms with van der Waals surface area (Å²) in [5.74, 6) is -2.18. The Morgan fingerprint density at radius 1 is 1.08 bits per heavy atom. The van der Waals surface area contributed by atoms with Crippen LogP contribution in [0.1, 0.15) is 65.2 Å². The molecule has 0 bridgehead atoms. The molecule has 0 saturated heterocycles. The van der Waals surface area contributed by atoms with Gasteiger partial charge in [-0.1, -0.05) is 51.5 Å². The van der Waals surface area contributed by atoms with Crippen molar-refractivity contribution in [3.05, 3.63) is 12.3 Å². The van der Waals surface area contributed by atoms with E-state index in [1.807, 2.05) is 0 Å². The van der Waals surface area contributed by atoms with E-state index in [0.29, 0.717) is 6.42 Å². The molecule has 7 nitrogen and oxygen atoms in total. The summed E-state index contributed by atoms with van der Waals surface area (Å²) in [5, 5.41) is -2.09. The first kappa shape index (κ1) is 26.8. The van der Waals surface area contributed by atoms with E-state index in [1.165, 1.54) is 25.3 Å².